The minimum Gasteiger partial charge on any atom is -0.394 e. The molecule has 10 heteroatoms. The fourth-order valence-electron chi connectivity index (χ4n) is 2.52. The summed E-state index contributed by atoms with van der Waals surface area (Å²) in [5, 5.41) is 41.4. The van der Waals surface area contributed by atoms with E-state index in [9.17, 15) is 15.3 Å². The molecule has 2 aromatic rings. The van der Waals surface area contributed by atoms with Crippen molar-refractivity contribution in [2.24, 2.45) is 0 Å². The third-order valence-electron chi connectivity index (χ3n) is 3.71. The van der Waals surface area contributed by atoms with Gasteiger partial charge in [-0.15, -0.1) is 0 Å². The topological polar surface area (TPSA) is 146 Å². The van der Waals surface area contributed by atoms with E-state index in [1.165, 1.54) is 17.2 Å². The number of hydrogen-bond donors (Lipinski definition) is 5. The molecule has 0 radical (unpaired) electrons. The van der Waals surface area contributed by atoms with Crippen LogP contribution in [-0.2, 0) is 4.74 Å². The second kappa shape index (κ2) is 6.34. The maximum atomic E-state index is 10.1. The first-order chi connectivity index (χ1) is 11.0. The lowest BCUT2D eigenvalue weighted by Gasteiger charge is -2.16. The van der Waals surface area contributed by atoms with E-state index < -0.39 is 37.3 Å². The van der Waals surface area contributed by atoms with Gasteiger partial charge in [-0.3, -0.25) is 4.57 Å². The summed E-state index contributed by atoms with van der Waals surface area (Å²) < 4.78 is 6.96. The van der Waals surface area contributed by atoms with Gasteiger partial charge in [0.2, 0.25) is 0 Å². The van der Waals surface area contributed by atoms with Crippen LogP contribution in [0.3, 0.4) is 0 Å². The van der Waals surface area contributed by atoms with Crippen LogP contribution in [0.2, 0.25) is 0 Å². The highest BCUT2D eigenvalue weighted by atomic mass is 16.6. The van der Waals surface area contributed by atoms with Crippen molar-refractivity contribution in [3.63, 3.8) is 0 Å². The minimum atomic E-state index is -1.21. The summed E-state index contributed by atoms with van der Waals surface area (Å²) in [7, 11) is 0. The molecule has 3 heterocycles. The van der Waals surface area contributed by atoms with Crippen molar-refractivity contribution < 1.29 is 25.2 Å². The van der Waals surface area contributed by atoms with Gasteiger partial charge in [0, 0.05) is 6.54 Å². The van der Waals surface area contributed by atoms with Gasteiger partial charge >= 0.3 is 0 Å². The van der Waals surface area contributed by atoms with E-state index in [4.69, 9.17) is 9.84 Å². The molecule has 0 aromatic carbocycles. The highest BCUT2D eigenvalue weighted by Gasteiger charge is 2.44. The Bertz CT molecular complexity index is 678. The molecule has 1 saturated heterocycles. The molecule has 0 aliphatic carbocycles. The first-order valence-electron chi connectivity index (χ1n) is 7.25. The number of aliphatic hydroxyl groups is 4. The van der Waals surface area contributed by atoms with Crippen LogP contribution in [0.15, 0.2) is 12.7 Å². The number of ether oxygens (including phenoxy) is 1. The van der Waals surface area contributed by atoms with Crippen molar-refractivity contribution in [2.45, 2.75) is 37.6 Å². The highest BCUT2D eigenvalue weighted by Crippen LogP contribution is 2.31. The number of rotatable bonds is 5. The van der Waals surface area contributed by atoms with Crippen molar-refractivity contribution in [3.05, 3.63) is 12.7 Å². The van der Waals surface area contributed by atoms with Gasteiger partial charge in [0.05, 0.1) is 19.0 Å². The Morgan fingerprint density at radius 2 is 2.09 bits per heavy atom. The maximum Gasteiger partial charge on any atom is 0.167 e. The molecule has 1 aliphatic heterocycles. The molecule has 0 bridgehead atoms. The summed E-state index contributed by atoms with van der Waals surface area (Å²) in [6.07, 6.45) is -2.00. The Morgan fingerprint density at radius 1 is 1.30 bits per heavy atom. The molecular weight excluding hydrogens is 306 g/mol. The molecule has 0 amide bonds. The molecule has 0 spiro atoms. The number of aromatic nitrogens is 4. The fourth-order valence-corrected chi connectivity index (χ4v) is 2.52. The van der Waals surface area contributed by atoms with Crippen LogP contribution in [0.4, 0.5) is 5.82 Å². The average molecular weight is 325 g/mol. The standard InChI is InChI=1S/C13H19N5O5/c1-6(20)2-14-11-8-12(16-4-15-11)18(5-17-8)13-10(22)9(21)7(3-19)23-13/h4-7,9-10,13,19-22H,2-3H2,1H3,(H,14,15,16)/t6-,7-,9-,10-,13-/m1/s1. The maximum absolute atomic E-state index is 10.1. The average Bonchev–Trinajstić information content (AvgIpc) is 3.08. The van der Waals surface area contributed by atoms with Crippen LogP contribution in [0, 0.1) is 0 Å². The lowest BCUT2D eigenvalue weighted by atomic mass is 10.1. The Hall–Kier alpha value is -1.85. The van der Waals surface area contributed by atoms with Gasteiger partial charge in [-0.1, -0.05) is 0 Å². The second-order valence-corrected chi connectivity index (χ2v) is 5.51. The monoisotopic (exact) mass is 325 g/mol. The number of aliphatic hydroxyl groups excluding tert-OH is 4. The van der Waals surface area contributed by atoms with Gasteiger partial charge in [-0.05, 0) is 6.92 Å². The van der Waals surface area contributed by atoms with E-state index in [1.807, 2.05) is 0 Å². The van der Waals surface area contributed by atoms with E-state index in [0.29, 0.717) is 23.5 Å². The van der Waals surface area contributed by atoms with Crippen molar-refractivity contribution in [3.8, 4) is 0 Å². The molecule has 10 nitrogen and oxygen atoms in total. The van der Waals surface area contributed by atoms with Crippen LogP contribution >= 0.6 is 0 Å². The molecule has 23 heavy (non-hydrogen) atoms. The smallest absolute Gasteiger partial charge is 0.167 e. The van der Waals surface area contributed by atoms with Crippen molar-refractivity contribution in [1.82, 2.24) is 19.5 Å². The van der Waals surface area contributed by atoms with Crippen molar-refractivity contribution in [1.29, 1.82) is 0 Å². The predicted molar refractivity (Wildman–Crippen MR) is 78.5 cm³/mol. The van der Waals surface area contributed by atoms with Crippen LogP contribution in [-0.4, -0.2) is 77.5 Å². The Kier molecular flexibility index (Phi) is 4.41. The number of anilines is 1. The van der Waals surface area contributed by atoms with E-state index in [0.717, 1.165) is 0 Å². The summed E-state index contributed by atoms with van der Waals surface area (Å²) in [5.74, 6) is 0.446. The van der Waals surface area contributed by atoms with Gasteiger partial charge in [0.25, 0.3) is 0 Å². The molecule has 3 rings (SSSR count). The molecule has 126 valence electrons. The minimum absolute atomic E-state index is 0.298. The zero-order valence-corrected chi connectivity index (χ0v) is 12.4. The number of nitrogens with one attached hydrogen (secondary N) is 1. The molecule has 5 atom stereocenters. The second-order valence-electron chi connectivity index (χ2n) is 5.51. The van der Waals surface area contributed by atoms with E-state index in [2.05, 4.69) is 20.3 Å². The molecule has 2 aromatic heterocycles. The van der Waals surface area contributed by atoms with E-state index in [-0.39, 0.29) is 0 Å². The normalized spacial score (nSPS) is 29.1. The number of hydrogen-bond acceptors (Lipinski definition) is 9. The van der Waals surface area contributed by atoms with E-state index >= 15 is 0 Å². The quantitative estimate of drug-likeness (QED) is 0.431. The van der Waals surface area contributed by atoms with Crippen LogP contribution < -0.4 is 5.32 Å². The van der Waals surface area contributed by atoms with Gasteiger partial charge in [-0.25, -0.2) is 15.0 Å². The predicted octanol–water partition coefficient (Wildman–Crippen LogP) is -1.77. The van der Waals surface area contributed by atoms with Gasteiger partial charge in [0.15, 0.2) is 23.2 Å². The summed E-state index contributed by atoms with van der Waals surface area (Å²) in [6.45, 7) is 1.54. The first kappa shape index (κ1) is 16.0. The number of fused-ring (bicyclic) bond motifs is 1. The fraction of sp³-hybridized carbons (Fsp3) is 0.615. The molecule has 0 unspecified atom stereocenters. The van der Waals surface area contributed by atoms with Crippen molar-refractivity contribution >= 4 is 17.0 Å². The summed E-state index contributed by atoms with van der Waals surface area (Å²) in [4.78, 5) is 12.4. The van der Waals surface area contributed by atoms with Gasteiger partial charge in [0.1, 0.15) is 24.6 Å². The zero-order chi connectivity index (χ0) is 16.6. The largest absolute Gasteiger partial charge is 0.394 e. The zero-order valence-electron chi connectivity index (χ0n) is 12.4. The molecule has 1 aliphatic rings. The molecule has 0 saturated carbocycles. The van der Waals surface area contributed by atoms with Crippen LogP contribution in [0.5, 0.6) is 0 Å². The molecule has 5 N–H and O–H groups in total. The summed E-state index contributed by atoms with van der Waals surface area (Å²) in [5.41, 5.74) is 0.855. The molecule has 1 fully saturated rings. The third-order valence-corrected chi connectivity index (χ3v) is 3.71. The number of imidazole rings is 1. The summed E-state index contributed by atoms with van der Waals surface area (Å²) in [6, 6.07) is 0. The SMILES string of the molecule is C[C@@H](O)CNc1ncnc2c1ncn2[C@@H]1O[C@H](CO)[C@@H](O)[C@H]1O. The Morgan fingerprint density at radius 3 is 2.74 bits per heavy atom. The summed E-state index contributed by atoms with van der Waals surface area (Å²) >= 11 is 0. The van der Waals surface area contributed by atoms with Gasteiger partial charge < -0.3 is 30.5 Å². The lowest BCUT2D eigenvalue weighted by Crippen LogP contribution is -2.33. The highest BCUT2D eigenvalue weighted by molar-refractivity contribution is 5.82. The van der Waals surface area contributed by atoms with E-state index in [1.54, 1.807) is 6.92 Å². The third kappa shape index (κ3) is 2.86. The molecular formula is C13H19N5O5. The lowest BCUT2D eigenvalue weighted by molar-refractivity contribution is -0.0511. The number of nitrogens with zero attached hydrogens (tertiary/aromatic N) is 4. The van der Waals surface area contributed by atoms with Crippen LogP contribution in [0.1, 0.15) is 13.2 Å². The van der Waals surface area contributed by atoms with Gasteiger partial charge in [-0.2, -0.15) is 0 Å². The Balaban J connectivity index is 1.93. The Labute approximate surface area is 131 Å². The first-order valence-corrected chi connectivity index (χ1v) is 7.25. The van der Waals surface area contributed by atoms with Crippen molar-refractivity contribution in [2.75, 3.05) is 18.5 Å². The van der Waals surface area contributed by atoms with Crippen LogP contribution in [0.25, 0.3) is 11.2 Å².